The summed E-state index contributed by atoms with van der Waals surface area (Å²) >= 11 is 1.29. The van der Waals surface area contributed by atoms with Gasteiger partial charge in [-0.1, -0.05) is 18.2 Å². The molecule has 0 atom stereocenters. The molecule has 118 valence electrons. The maximum atomic E-state index is 11.9. The Balaban J connectivity index is 2.17. The fraction of sp³-hybridized carbons (Fsp3) is 0.0667. The number of carbonyl (C=O) groups is 1. The molecule has 23 heavy (non-hydrogen) atoms. The van der Waals surface area contributed by atoms with E-state index in [1.165, 1.54) is 11.3 Å². The van der Waals surface area contributed by atoms with Crippen LogP contribution in [0.15, 0.2) is 47.4 Å². The molecule has 0 fully saturated rings. The van der Waals surface area contributed by atoms with Crippen molar-refractivity contribution in [1.29, 1.82) is 0 Å². The van der Waals surface area contributed by atoms with Crippen molar-refractivity contribution in [3.8, 4) is 10.6 Å². The molecule has 0 aliphatic heterocycles. The van der Waals surface area contributed by atoms with Crippen LogP contribution in [0.2, 0.25) is 0 Å². The van der Waals surface area contributed by atoms with Crippen LogP contribution in [0.5, 0.6) is 0 Å². The summed E-state index contributed by atoms with van der Waals surface area (Å²) in [7, 11) is -3.38. The van der Waals surface area contributed by atoms with Gasteiger partial charge in [0.25, 0.3) is 5.91 Å². The second-order valence-electron chi connectivity index (χ2n) is 4.91. The van der Waals surface area contributed by atoms with E-state index in [1.54, 1.807) is 47.9 Å². The fourth-order valence-corrected chi connectivity index (χ4v) is 4.21. The van der Waals surface area contributed by atoms with E-state index in [1.807, 2.05) is 0 Å². The number of amides is 1. The zero-order valence-corrected chi connectivity index (χ0v) is 13.6. The third kappa shape index (κ3) is 2.96. The molecule has 6 nitrogen and oxygen atoms in total. The van der Waals surface area contributed by atoms with Crippen LogP contribution in [-0.4, -0.2) is 30.8 Å². The Morgan fingerprint density at radius 1 is 1.22 bits per heavy atom. The maximum absolute atomic E-state index is 11.9. The van der Waals surface area contributed by atoms with Crippen LogP contribution in [0.25, 0.3) is 20.8 Å². The monoisotopic (exact) mass is 348 g/mol. The van der Waals surface area contributed by atoms with E-state index >= 15 is 0 Å². The van der Waals surface area contributed by atoms with Gasteiger partial charge in [-0.05, 0) is 24.3 Å². The highest BCUT2D eigenvalue weighted by Gasteiger charge is 2.17. The summed E-state index contributed by atoms with van der Waals surface area (Å²) in [4.78, 5) is 16.1. The van der Waals surface area contributed by atoms with Crippen molar-refractivity contribution in [2.45, 2.75) is 4.90 Å². The largest absolute Gasteiger partial charge is 0.288 e. The Morgan fingerprint density at radius 2 is 1.96 bits per heavy atom. The molecule has 0 aliphatic carbocycles. The molecule has 0 aliphatic rings. The number of fused-ring (bicyclic) bond motifs is 1. The van der Waals surface area contributed by atoms with E-state index in [0.717, 1.165) is 11.0 Å². The molecular formula is C15H12N2O4S2. The molecule has 1 amide bonds. The van der Waals surface area contributed by atoms with Crippen LogP contribution < -0.4 is 5.48 Å². The topological polar surface area (TPSA) is 96.4 Å². The first-order valence-corrected chi connectivity index (χ1v) is 9.25. The zero-order chi connectivity index (χ0) is 16.6. The van der Waals surface area contributed by atoms with Gasteiger partial charge in [-0.25, -0.2) is 18.9 Å². The molecule has 0 saturated heterocycles. The average Bonchev–Trinajstić information content (AvgIpc) is 2.96. The number of sulfone groups is 1. The molecule has 1 heterocycles. The number of carbonyl (C=O) groups excluding carboxylic acids is 1. The molecule has 3 rings (SSSR count). The van der Waals surface area contributed by atoms with Crippen LogP contribution in [0.3, 0.4) is 0 Å². The van der Waals surface area contributed by atoms with E-state index < -0.39 is 15.7 Å². The highest BCUT2D eigenvalue weighted by Crippen LogP contribution is 2.34. The highest BCUT2D eigenvalue weighted by atomic mass is 32.2. The molecular weight excluding hydrogens is 336 g/mol. The number of nitrogens with zero attached hydrogens (tertiary/aromatic N) is 1. The number of rotatable bonds is 3. The number of thiazole rings is 1. The third-order valence-electron chi connectivity index (χ3n) is 3.27. The van der Waals surface area contributed by atoms with Crippen LogP contribution in [0.4, 0.5) is 0 Å². The second kappa shape index (κ2) is 5.73. The van der Waals surface area contributed by atoms with Crippen molar-refractivity contribution in [2.75, 3.05) is 6.26 Å². The van der Waals surface area contributed by atoms with Crippen molar-refractivity contribution < 1.29 is 18.4 Å². The number of aromatic nitrogens is 1. The van der Waals surface area contributed by atoms with E-state index in [4.69, 9.17) is 5.21 Å². The van der Waals surface area contributed by atoms with Gasteiger partial charge in [0.15, 0.2) is 9.84 Å². The molecule has 0 radical (unpaired) electrons. The van der Waals surface area contributed by atoms with Gasteiger partial charge in [-0.15, -0.1) is 11.3 Å². The minimum absolute atomic E-state index is 0.215. The van der Waals surface area contributed by atoms with Gasteiger partial charge in [0, 0.05) is 17.4 Å². The summed E-state index contributed by atoms with van der Waals surface area (Å²) in [5, 5.41) is 9.25. The van der Waals surface area contributed by atoms with E-state index in [9.17, 15) is 13.2 Å². The summed E-state index contributed by atoms with van der Waals surface area (Å²) in [6.45, 7) is 0. The molecule has 2 N–H and O–H groups in total. The Bertz CT molecular complexity index is 1010. The quantitative estimate of drug-likeness (QED) is 0.560. The van der Waals surface area contributed by atoms with Gasteiger partial charge in [0.1, 0.15) is 5.01 Å². The van der Waals surface area contributed by atoms with Gasteiger partial charge >= 0.3 is 0 Å². The zero-order valence-electron chi connectivity index (χ0n) is 12.0. The van der Waals surface area contributed by atoms with E-state index in [2.05, 4.69) is 4.98 Å². The van der Waals surface area contributed by atoms with Gasteiger partial charge in [0.2, 0.25) is 0 Å². The molecule has 0 unspecified atom stereocenters. The van der Waals surface area contributed by atoms with Crippen LogP contribution in [0, 0.1) is 0 Å². The molecule has 3 aromatic rings. The van der Waals surface area contributed by atoms with Crippen molar-refractivity contribution in [2.24, 2.45) is 0 Å². The first-order valence-electron chi connectivity index (χ1n) is 6.54. The highest BCUT2D eigenvalue weighted by molar-refractivity contribution is 7.90. The van der Waals surface area contributed by atoms with Gasteiger partial charge < -0.3 is 0 Å². The normalized spacial score (nSPS) is 11.6. The number of hydroxylamine groups is 1. The standard InChI is InChI=1S/C15H12N2O4S2/c1-23(20,21)13-5-3-2-4-10(13)15-16-11-7-6-9(14(18)17-19)8-12(11)22-15/h2-8,19H,1H3,(H,17,18). The fourth-order valence-electron chi connectivity index (χ4n) is 2.21. The van der Waals surface area contributed by atoms with E-state index in [0.29, 0.717) is 21.7 Å². The number of hydrogen-bond donors (Lipinski definition) is 2. The summed E-state index contributed by atoms with van der Waals surface area (Å²) in [6, 6.07) is 11.5. The lowest BCUT2D eigenvalue weighted by Crippen LogP contribution is -2.18. The summed E-state index contributed by atoms with van der Waals surface area (Å²) in [5.74, 6) is -0.613. The predicted octanol–water partition coefficient (Wildman–Crippen LogP) is 2.49. The minimum Gasteiger partial charge on any atom is -0.288 e. The van der Waals surface area contributed by atoms with Crippen LogP contribution in [-0.2, 0) is 9.84 Å². The SMILES string of the molecule is CS(=O)(=O)c1ccccc1-c1nc2ccc(C(=O)NO)cc2s1. The minimum atomic E-state index is -3.38. The van der Waals surface area contributed by atoms with Crippen LogP contribution in [0.1, 0.15) is 10.4 Å². The van der Waals surface area contributed by atoms with Crippen molar-refractivity contribution in [3.63, 3.8) is 0 Å². The van der Waals surface area contributed by atoms with Crippen molar-refractivity contribution in [1.82, 2.24) is 10.5 Å². The molecule has 0 bridgehead atoms. The molecule has 8 heteroatoms. The lowest BCUT2D eigenvalue weighted by atomic mass is 10.2. The van der Waals surface area contributed by atoms with Crippen LogP contribution >= 0.6 is 11.3 Å². The third-order valence-corrected chi connectivity index (χ3v) is 5.48. The predicted molar refractivity (Wildman–Crippen MR) is 87.4 cm³/mol. The molecule has 0 spiro atoms. The number of hydrogen-bond acceptors (Lipinski definition) is 6. The Kier molecular flexibility index (Phi) is 3.88. The summed E-state index contributed by atoms with van der Waals surface area (Å²) in [6.07, 6.45) is 1.16. The first kappa shape index (κ1) is 15.6. The van der Waals surface area contributed by atoms with Gasteiger partial charge in [0.05, 0.1) is 15.1 Å². The lowest BCUT2D eigenvalue weighted by Gasteiger charge is -2.03. The van der Waals surface area contributed by atoms with E-state index in [-0.39, 0.29) is 4.90 Å². The molecule has 2 aromatic carbocycles. The van der Waals surface area contributed by atoms with Crippen molar-refractivity contribution in [3.05, 3.63) is 48.0 Å². The number of benzene rings is 2. The first-order chi connectivity index (χ1) is 10.9. The summed E-state index contributed by atoms with van der Waals surface area (Å²) in [5.41, 5.74) is 3.06. The lowest BCUT2D eigenvalue weighted by molar-refractivity contribution is 0.0706. The second-order valence-corrected chi connectivity index (χ2v) is 7.93. The maximum Gasteiger partial charge on any atom is 0.274 e. The Hall–Kier alpha value is -2.29. The Labute approximate surface area is 136 Å². The smallest absolute Gasteiger partial charge is 0.274 e. The van der Waals surface area contributed by atoms with Gasteiger partial charge in [-0.3, -0.25) is 10.0 Å². The van der Waals surface area contributed by atoms with Gasteiger partial charge in [-0.2, -0.15) is 0 Å². The van der Waals surface area contributed by atoms with Crippen molar-refractivity contribution >= 4 is 37.3 Å². The number of nitrogens with one attached hydrogen (secondary N) is 1. The molecule has 0 saturated carbocycles. The average molecular weight is 348 g/mol. The summed E-state index contributed by atoms with van der Waals surface area (Å²) < 4.78 is 24.6. The Morgan fingerprint density at radius 3 is 2.65 bits per heavy atom. The molecule has 1 aromatic heterocycles.